The summed E-state index contributed by atoms with van der Waals surface area (Å²) in [5, 5.41) is 2.59. The van der Waals surface area contributed by atoms with E-state index in [0.717, 1.165) is 12.4 Å². The fourth-order valence-electron chi connectivity index (χ4n) is 0.869. The van der Waals surface area contributed by atoms with Gasteiger partial charge < -0.3 is 10.1 Å². The minimum absolute atomic E-state index is 0.104. The van der Waals surface area contributed by atoms with Crippen LogP contribution >= 0.6 is 0 Å². The van der Waals surface area contributed by atoms with Crippen LogP contribution in [0.5, 0.6) is 0 Å². The van der Waals surface area contributed by atoms with Gasteiger partial charge in [-0.2, -0.15) is 17.6 Å². The molecule has 0 radical (unpaired) electrons. The Labute approximate surface area is 88.7 Å². The first-order valence-electron chi connectivity index (χ1n) is 4.33. The average molecular weight is 239 g/mol. The maximum Gasteiger partial charge on any atom is 0.411 e. The molecule has 0 aliphatic heterocycles. The van der Waals surface area contributed by atoms with Crippen molar-refractivity contribution in [1.82, 2.24) is 9.97 Å². The maximum absolute atomic E-state index is 12.5. The molecule has 0 amide bonds. The number of alkyl halides is 3. The van der Waals surface area contributed by atoms with Crippen LogP contribution in [-0.4, -0.2) is 35.9 Å². The van der Waals surface area contributed by atoms with Gasteiger partial charge in [0.15, 0.2) is 0 Å². The lowest BCUT2D eigenvalue weighted by atomic mass is 10.5. The Morgan fingerprint density at radius 2 is 2.06 bits per heavy atom. The summed E-state index contributed by atoms with van der Waals surface area (Å²) < 4.78 is 51.8. The Morgan fingerprint density at radius 3 is 2.69 bits per heavy atom. The second kappa shape index (κ2) is 5.59. The Hall–Kier alpha value is -1.44. The summed E-state index contributed by atoms with van der Waals surface area (Å²) >= 11 is 0. The van der Waals surface area contributed by atoms with E-state index in [1.165, 1.54) is 0 Å². The second-order valence-electron chi connectivity index (χ2n) is 2.82. The summed E-state index contributed by atoms with van der Waals surface area (Å²) in [5.41, 5.74) is 0. The van der Waals surface area contributed by atoms with Crippen LogP contribution in [0.4, 0.5) is 23.4 Å². The van der Waals surface area contributed by atoms with Crippen molar-refractivity contribution >= 4 is 5.82 Å². The van der Waals surface area contributed by atoms with Crippen molar-refractivity contribution in [3.05, 3.63) is 18.3 Å². The Balaban J connectivity index is 2.17. The number of ether oxygens (including phenoxy) is 1. The molecule has 0 saturated heterocycles. The molecule has 16 heavy (non-hydrogen) atoms. The number of hydrogen-bond donors (Lipinski definition) is 1. The van der Waals surface area contributed by atoms with Crippen molar-refractivity contribution in [1.29, 1.82) is 0 Å². The third kappa shape index (κ3) is 5.44. The number of nitrogens with one attached hydrogen (secondary N) is 1. The number of rotatable bonds is 5. The molecule has 0 fully saturated rings. The summed E-state index contributed by atoms with van der Waals surface area (Å²) in [6, 6.07) is 1.03. The zero-order valence-corrected chi connectivity index (χ0v) is 8.09. The molecule has 8 heteroatoms. The van der Waals surface area contributed by atoms with Gasteiger partial charge in [0.25, 0.3) is 0 Å². The molecule has 1 rings (SSSR count). The van der Waals surface area contributed by atoms with Crippen LogP contribution in [-0.2, 0) is 4.74 Å². The van der Waals surface area contributed by atoms with Gasteiger partial charge in [0, 0.05) is 12.6 Å². The molecule has 0 aliphatic rings. The minimum Gasteiger partial charge on any atom is -0.370 e. The van der Waals surface area contributed by atoms with Gasteiger partial charge in [-0.3, -0.25) is 0 Å². The van der Waals surface area contributed by atoms with E-state index in [0.29, 0.717) is 0 Å². The highest BCUT2D eigenvalue weighted by atomic mass is 19.4. The molecule has 0 aliphatic carbocycles. The molecule has 1 aromatic rings. The molecule has 0 aromatic carbocycles. The van der Waals surface area contributed by atoms with Crippen molar-refractivity contribution in [2.75, 3.05) is 25.1 Å². The number of halogens is 4. The Kier molecular flexibility index (Phi) is 4.41. The van der Waals surface area contributed by atoms with Gasteiger partial charge in [-0.15, -0.1) is 0 Å². The maximum atomic E-state index is 12.5. The van der Waals surface area contributed by atoms with Crippen molar-refractivity contribution in [3.63, 3.8) is 0 Å². The third-order valence-electron chi connectivity index (χ3n) is 1.45. The van der Waals surface area contributed by atoms with Crippen LogP contribution in [0, 0.1) is 5.95 Å². The first kappa shape index (κ1) is 12.6. The lowest BCUT2D eigenvalue weighted by Gasteiger charge is -2.08. The summed E-state index contributed by atoms with van der Waals surface area (Å²) in [6.07, 6.45) is -3.32. The van der Waals surface area contributed by atoms with Crippen LogP contribution < -0.4 is 5.32 Å². The summed E-state index contributed by atoms with van der Waals surface area (Å²) in [6.45, 7) is -1.34. The highest BCUT2D eigenvalue weighted by Gasteiger charge is 2.27. The SMILES string of the molecule is Fc1cc(NCCOCC(F)(F)F)ncn1. The van der Waals surface area contributed by atoms with Crippen LogP contribution in [0.1, 0.15) is 0 Å². The number of anilines is 1. The molecule has 0 bridgehead atoms. The summed E-state index contributed by atoms with van der Waals surface area (Å²) in [7, 11) is 0. The van der Waals surface area contributed by atoms with E-state index in [9.17, 15) is 17.6 Å². The van der Waals surface area contributed by atoms with E-state index in [1.807, 2.05) is 0 Å². The van der Waals surface area contributed by atoms with E-state index in [1.54, 1.807) is 0 Å². The molecular formula is C8H9F4N3O. The smallest absolute Gasteiger partial charge is 0.370 e. The van der Waals surface area contributed by atoms with Crippen LogP contribution in [0.2, 0.25) is 0 Å². The van der Waals surface area contributed by atoms with Gasteiger partial charge in [-0.05, 0) is 0 Å². The topological polar surface area (TPSA) is 47.0 Å². The normalized spacial score (nSPS) is 11.5. The van der Waals surface area contributed by atoms with Gasteiger partial charge in [-0.1, -0.05) is 0 Å². The molecule has 4 nitrogen and oxygen atoms in total. The molecule has 1 N–H and O–H groups in total. The average Bonchev–Trinajstić information content (AvgIpc) is 2.15. The molecule has 0 unspecified atom stereocenters. The summed E-state index contributed by atoms with van der Waals surface area (Å²) in [4.78, 5) is 6.86. The monoisotopic (exact) mass is 239 g/mol. The first-order chi connectivity index (χ1) is 7.47. The Bertz CT molecular complexity index is 331. The van der Waals surface area contributed by atoms with Crippen LogP contribution in [0.15, 0.2) is 12.4 Å². The predicted molar refractivity (Wildman–Crippen MR) is 47.4 cm³/mol. The molecular weight excluding hydrogens is 230 g/mol. The van der Waals surface area contributed by atoms with Gasteiger partial charge in [-0.25, -0.2) is 9.97 Å². The second-order valence-corrected chi connectivity index (χ2v) is 2.82. The number of aromatic nitrogens is 2. The summed E-state index contributed by atoms with van der Waals surface area (Å²) in [5.74, 6) is -0.517. The lowest BCUT2D eigenvalue weighted by Crippen LogP contribution is -2.20. The number of nitrogens with zero attached hydrogens (tertiary/aromatic N) is 2. The van der Waals surface area contributed by atoms with Gasteiger partial charge >= 0.3 is 6.18 Å². The van der Waals surface area contributed by atoms with Crippen molar-refractivity contribution < 1.29 is 22.3 Å². The highest BCUT2D eigenvalue weighted by Crippen LogP contribution is 2.14. The molecule has 0 atom stereocenters. The van der Waals surface area contributed by atoms with Crippen LogP contribution in [0.25, 0.3) is 0 Å². The quantitative estimate of drug-likeness (QED) is 0.481. The van der Waals surface area contributed by atoms with E-state index in [4.69, 9.17) is 0 Å². The molecule has 1 aromatic heterocycles. The molecule has 1 heterocycles. The first-order valence-corrected chi connectivity index (χ1v) is 4.33. The third-order valence-corrected chi connectivity index (χ3v) is 1.45. The predicted octanol–water partition coefficient (Wildman–Crippen LogP) is 1.61. The van der Waals surface area contributed by atoms with E-state index in [2.05, 4.69) is 20.0 Å². The molecule has 90 valence electrons. The fraction of sp³-hybridized carbons (Fsp3) is 0.500. The van der Waals surface area contributed by atoms with E-state index in [-0.39, 0.29) is 19.0 Å². The highest BCUT2D eigenvalue weighted by molar-refractivity contribution is 5.31. The van der Waals surface area contributed by atoms with Crippen molar-refractivity contribution in [2.45, 2.75) is 6.18 Å². The zero-order chi connectivity index (χ0) is 12.0. The van der Waals surface area contributed by atoms with Gasteiger partial charge in [0.2, 0.25) is 5.95 Å². The van der Waals surface area contributed by atoms with E-state index >= 15 is 0 Å². The minimum atomic E-state index is -4.33. The van der Waals surface area contributed by atoms with Crippen molar-refractivity contribution in [2.24, 2.45) is 0 Å². The van der Waals surface area contributed by atoms with E-state index < -0.39 is 18.7 Å². The van der Waals surface area contributed by atoms with Gasteiger partial charge in [0.1, 0.15) is 18.8 Å². The largest absolute Gasteiger partial charge is 0.411 e. The number of hydrogen-bond acceptors (Lipinski definition) is 4. The lowest BCUT2D eigenvalue weighted by molar-refractivity contribution is -0.172. The fourth-order valence-corrected chi connectivity index (χ4v) is 0.869. The van der Waals surface area contributed by atoms with Crippen LogP contribution in [0.3, 0.4) is 0 Å². The van der Waals surface area contributed by atoms with Crippen molar-refractivity contribution in [3.8, 4) is 0 Å². The van der Waals surface area contributed by atoms with Gasteiger partial charge in [0.05, 0.1) is 6.61 Å². The molecule has 0 saturated carbocycles. The standard InChI is InChI=1S/C8H9F4N3O/c9-6-3-7(15-5-14-6)13-1-2-16-4-8(10,11)12/h3,5H,1-2,4H2,(H,13,14,15). The molecule has 0 spiro atoms. The Morgan fingerprint density at radius 1 is 1.31 bits per heavy atom. The zero-order valence-electron chi connectivity index (χ0n) is 8.09.